The molecule has 0 N–H and O–H groups in total. The maximum atomic E-state index is 2.59. The predicted octanol–water partition coefficient (Wildman–Crippen LogP) is 12.2. The molecule has 0 radical (unpaired) electrons. The van der Waals surface area contributed by atoms with Crippen molar-refractivity contribution in [2.75, 3.05) is 0 Å². The van der Waals surface area contributed by atoms with Gasteiger partial charge in [-0.3, -0.25) is 0 Å². The van der Waals surface area contributed by atoms with Crippen molar-refractivity contribution in [3.63, 3.8) is 0 Å². The maximum Gasteiger partial charge on any atom is 0.243 e. The molecule has 9 aromatic rings. The van der Waals surface area contributed by atoms with E-state index in [0.29, 0.717) is 0 Å². The van der Waals surface area contributed by atoms with Gasteiger partial charge in [-0.2, -0.15) is 0 Å². The van der Waals surface area contributed by atoms with Crippen molar-refractivity contribution in [1.29, 1.82) is 0 Å². The summed E-state index contributed by atoms with van der Waals surface area (Å²) in [5, 5.41) is 8.03. The molecule has 1 aliphatic rings. The average Bonchev–Trinajstić information content (AvgIpc) is 3.22. The molecule has 10 rings (SSSR count). The molecule has 65 heavy (non-hydrogen) atoms. The molecule has 0 unspecified atom stereocenters. The maximum absolute atomic E-state index is 2.59. The second-order valence-corrected chi connectivity index (χ2v) is 20.8. The van der Waals surface area contributed by atoms with Crippen LogP contribution in [0.4, 0.5) is 0 Å². The summed E-state index contributed by atoms with van der Waals surface area (Å²) in [6.45, 7) is 32.6. The zero-order valence-electron chi connectivity index (χ0n) is 41.2. The minimum atomic E-state index is -0.237. The summed E-state index contributed by atoms with van der Waals surface area (Å²) in [6, 6.07) is 48.1. The standard InChI is InChI=1S/C63H62B2/c1-35-24-39(5)59(40(6)25-35)64(60-41(7)26-36(2)27-42(60)8)47-22-23-49-54-33-52-48-18-15-16-19-50(48)57(34-53(52)51-20-17-21-55(58(51)54)63(13,14)56(49)32-47)65(61-43(9)28-37(3)29-44(61)10)62-45(11)30-38(4)31-46(62)12/h15-34H,1-14H3. The normalized spacial score (nSPS) is 12.9. The Morgan fingerprint density at radius 2 is 0.738 bits per heavy atom. The lowest BCUT2D eigenvalue weighted by molar-refractivity contribution is 0.646. The summed E-state index contributed by atoms with van der Waals surface area (Å²) in [6.07, 6.45) is 0. The van der Waals surface area contributed by atoms with Gasteiger partial charge < -0.3 is 0 Å². The Hall–Kier alpha value is -6.11. The molecule has 0 atom stereocenters. The Balaban J connectivity index is 1.27. The van der Waals surface area contributed by atoms with Crippen molar-refractivity contribution >= 4 is 78.5 Å². The van der Waals surface area contributed by atoms with Crippen LogP contribution in [0.2, 0.25) is 0 Å². The first kappa shape index (κ1) is 42.8. The van der Waals surface area contributed by atoms with Crippen LogP contribution in [0.3, 0.4) is 0 Å². The minimum absolute atomic E-state index is 0.0708. The number of fused-ring (bicyclic) bond motifs is 6. The molecule has 9 aromatic carbocycles. The number of hydrogen-bond donors (Lipinski definition) is 0. The van der Waals surface area contributed by atoms with E-state index in [1.165, 1.54) is 154 Å². The Bertz CT molecular complexity index is 3280. The quantitative estimate of drug-likeness (QED) is 0.116. The van der Waals surface area contributed by atoms with Gasteiger partial charge in [-0.05, 0) is 144 Å². The van der Waals surface area contributed by atoms with Crippen molar-refractivity contribution < 1.29 is 0 Å². The average molecular weight is 841 g/mol. The molecule has 0 aliphatic heterocycles. The van der Waals surface area contributed by atoms with Crippen LogP contribution in [0, 0.1) is 83.1 Å². The van der Waals surface area contributed by atoms with E-state index in [0.717, 1.165) is 0 Å². The molecule has 0 bridgehead atoms. The van der Waals surface area contributed by atoms with E-state index < -0.39 is 0 Å². The van der Waals surface area contributed by atoms with Crippen LogP contribution in [0.1, 0.15) is 91.7 Å². The Morgan fingerprint density at radius 3 is 1.22 bits per heavy atom. The molecule has 0 saturated carbocycles. The molecule has 0 heterocycles. The second kappa shape index (κ2) is 15.5. The van der Waals surface area contributed by atoms with Crippen LogP contribution in [-0.4, -0.2) is 13.4 Å². The number of aryl methyl sites for hydroxylation is 12. The summed E-state index contributed by atoms with van der Waals surface area (Å²) in [7, 11) is 0. The molecule has 0 fully saturated rings. The Labute approximate surface area is 389 Å². The van der Waals surface area contributed by atoms with Crippen LogP contribution in [0.5, 0.6) is 0 Å². The van der Waals surface area contributed by atoms with Gasteiger partial charge in [-0.15, -0.1) is 0 Å². The van der Waals surface area contributed by atoms with Gasteiger partial charge in [0.15, 0.2) is 0 Å². The van der Waals surface area contributed by atoms with E-state index in [-0.39, 0.29) is 18.8 Å². The highest BCUT2D eigenvalue weighted by Crippen LogP contribution is 2.50. The lowest BCUT2D eigenvalue weighted by Crippen LogP contribution is -2.56. The van der Waals surface area contributed by atoms with Crippen LogP contribution >= 0.6 is 0 Å². The fourth-order valence-corrected chi connectivity index (χ4v) is 13.2. The third kappa shape index (κ3) is 6.73. The van der Waals surface area contributed by atoms with Gasteiger partial charge in [0.05, 0.1) is 0 Å². The first-order chi connectivity index (χ1) is 30.9. The van der Waals surface area contributed by atoms with Crippen LogP contribution in [0.25, 0.3) is 43.4 Å². The highest BCUT2D eigenvalue weighted by atomic mass is 14.4. The molecule has 0 aromatic heterocycles. The lowest BCUT2D eigenvalue weighted by Gasteiger charge is -2.37. The van der Waals surface area contributed by atoms with E-state index in [1.54, 1.807) is 0 Å². The first-order valence-corrected chi connectivity index (χ1v) is 23.8. The largest absolute Gasteiger partial charge is 0.243 e. The second-order valence-electron chi connectivity index (χ2n) is 20.8. The fourth-order valence-electron chi connectivity index (χ4n) is 13.2. The summed E-state index contributed by atoms with van der Waals surface area (Å²) in [5.74, 6) is 0. The summed E-state index contributed by atoms with van der Waals surface area (Å²) >= 11 is 0. The monoisotopic (exact) mass is 841 g/mol. The predicted molar refractivity (Wildman–Crippen MR) is 288 cm³/mol. The van der Waals surface area contributed by atoms with Crippen molar-refractivity contribution in [2.24, 2.45) is 0 Å². The highest BCUT2D eigenvalue weighted by Gasteiger charge is 2.37. The van der Waals surface area contributed by atoms with Crippen molar-refractivity contribution in [3.8, 4) is 11.1 Å². The van der Waals surface area contributed by atoms with Gasteiger partial charge in [0, 0.05) is 5.41 Å². The van der Waals surface area contributed by atoms with Crippen LogP contribution < -0.4 is 32.8 Å². The van der Waals surface area contributed by atoms with Gasteiger partial charge >= 0.3 is 0 Å². The van der Waals surface area contributed by atoms with Gasteiger partial charge in [0.2, 0.25) is 13.4 Å². The van der Waals surface area contributed by atoms with Gasteiger partial charge in [0.25, 0.3) is 0 Å². The van der Waals surface area contributed by atoms with Crippen LogP contribution in [-0.2, 0) is 5.41 Å². The lowest BCUT2D eigenvalue weighted by atomic mass is 9.33. The molecule has 0 spiro atoms. The molecule has 320 valence electrons. The van der Waals surface area contributed by atoms with Crippen molar-refractivity contribution in [3.05, 3.63) is 199 Å². The molecule has 1 aliphatic carbocycles. The molecular weight excluding hydrogens is 778 g/mol. The highest BCUT2D eigenvalue weighted by molar-refractivity contribution is 6.98. The summed E-state index contributed by atoms with van der Waals surface area (Å²) < 4.78 is 0. The number of benzene rings is 9. The van der Waals surface area contributed by atoms with E-state index >= 15 is 0 Å². The Morgan fingerprint density at radius 1 is 0.323 bits per heavy atom. The van der Waals surface area contributed by atoms with Crippen molar-refractivity contribution in [2.45, 2.75) is 102 Å². The fraction of sp³-hybridized carbons (Fsp3) is 0.238. The van der Waals surface area contributed by atoms with Crippen LogP contribution in [0.15, 0.2) is 121 Å². The minimum Gasteiger partial charge on any atom is -0.0683 e. The van der Waals surface area contributed by atoms with Crippen molar-refractivity contribution in [1.82, 2.24) is 0 Å². The Kier molecular flexibility index (Phi) is 10.2. The van der Waals surface area contributed by atoms with E-state index in [9.17, 15) is 0 Å². The summed E-state index contributed by atoms with van der Waals surface area (Å²) in [4.78, 5) is 0. The van der Waals surface area contributed by atoms with Gasteiger partial charge in [-0.25, -0.2) is 0 Å². The molecule has 0 saturated heterocycles. The first-order valence-electron chi connectivity index (χ1n) is 23.8. The zero-order valence-corrected chi connectivity index (χ0v) is 41.2. The van der Waals surface area contributed by atoms with Gasteiger partial charge in [0.1, 0.15) is 0 Å². The molecular formula is C63H62B2. The number of hydrogen-bond acceptors (Lipinski definition) is 0. The zero-order chi connectivity index (χ0) is 46.0. The van der Waals surface area contributed by atoms with Gasteiger partial charge in [-0.1, -0.05) is 229 Å². The molecule has 0 amide bonds. The van der Waals surface area contributed by atoms with E-state index in [2.05, 4.69) is 218 Å². The smallest absolute Gasteiger partial charge is 0.0683 e. The van der Waals surface area contributed by atoms with E-state index in [1.807, 2.05) is 0 Å². The van der Waals surface area contributed by atoms with E-state index in [4.69, 9.17) is 0 Å². The SMILES string of the molecule is Cc1cc(C)c(B(c2ccc3c(c2)C(C)(C)c2cccc4c2c-3cc2c3ccccc3c(B(c3c(C)cc(C)cc3C)c3c(C)cc(C)cc3C)cc42)c2c(C)cc(C)cc2C)c(C)c1. The third-order valence-electron chi connectivity index (χ3n) is 15.5. The molecule has 0 nitrogen and oxygen atoms in total. The molecule has 2 heteroatoms. The number of rotatable bonds is 6. The summed E-state index contributed by atoms with van der Waals surface area (Å²) in [5.41, 5.74) is 29.8. The third-order valence-corrected chi connectivity index (χ3v) is 15.5. The topological polar surface area (TPSA) is 0 Å².